The lowest BCUT2D eigenvalue weighted by atomic mass is 9.80. The molecule has 1 aromatic heterocycles. The smallest absolute Gasteiger partial charge is 0.0948 e. The van der Waals surface area contributed by atoms with Crippen LogP contribution < -0.4 is 5.73 Å². The number of nitrogens with zero attached hydrogens (tertiary/aromatic N) is 3. The fourth-order valence-electron chi connectivity index (χ4n) is 2.59. The van der Waals surface area contributed by atoms with Crippen LogP contribution in [-0.4, -0.2) is 46.3 Å². The number of aromatic nitrogens is 2. The molecule has 1 atom stereocenters. The minimum Gasteiger partial charge on any atom is -0.394 e. The summed E-state index contributed by atoms with van der Waals surface area (Å²) in [5.41, 5.74) is 7.12. The van der Waals surface area contributed by atoms with Crippen molar-refractivity contribution in [1.82, 2.24) is 14.5 Å². The van der Waals surface area contributed by atoms with E-state index in [-0.39, 0.29) is 12.6 Å². The Morgan fingerprint density at radius 1 is 1.50 bits per heavy atom. The number of nitrogens with two attached hydrogens (primary N) is 1. The fraction of sp³-hybridized carbons (Fsp3) is 0.769. The van der Waals surface area contributed by atoms with Crippen molar-refractivity contribution in [1.29, 1.82) is 0 Å². The van der Waals surface area contributed by atoms with Crippen molar-refractivity contribution in [2.24, 2.45) is 11.1 Å². The van der Waals surface area contributed by atoms with Gasteiger partial charge >= 0.3 is 0 Å². The van der Waals surface area contributed by atoms with Gasteiger partial charge in [0.05, 0.1) is 24.7 Å². The zero-order chi connectivity index (χ0) is 13.2. The summed E-state index contributed by atoms with van der Waals surface area (Å²) in [7, 11) is 2.17. The molecule has 0 spiro atoms. The van der Waals surface area contributed by atoms with Crippen LogP contribution in [0.3, 0.4) is 0 Å². The van der Waals surface area contributed by atoms with E-state index in [1.807, 2.05) is 6.33 Å². The Morgan fingerprint density at radius 2 is 2.17 bits per heavy atom. The summed E-state index contributed by atoms with van der Waals surface area (Å²) in [6, 6.07) is -0.331. The first-order chi connectivity index (χ1) is 8.54. The molecular weight excluding hydrogens is 228 g/mol. The Balaban J connectivity index is 2.07. The number of imidazole rings is 1. The number of rotatable bonds is 4. The van der Waals surface area contributed by atoms with E-state index in [0.29, 0.717) is 5.41 Å². The molecule has 102 valence electrons. The maximum Gasteiger partial charge on any atom is 0.0948 e. The second-order valence-electron chi connectivity index (χ2n) is 5.85. The van der Waals surface area contributed by atoms with Gasteiger partial charge in [-0.15, -0.1) is 0 Å². The molecule has 5 heteroatoms. The molecule has 3 N–H and O–H groups in total. The fourth-order valence-corrected chi connectivity index (χ4v) is 2.59. The minimum absolute atomic E-state index is 0.0366. The standard InChI is InChI=1S/C13H24N4O/c1-13(3-5-16(2)6-4-13)9-17-10-15-7-12(17)11(14)8-18/h7,10-11,18H,3-6,8-9,14H2,1-2H3. The molecule has 5 nitrogen and oxygen atoms in total. The van der Waals surface area contributed by atoms with Crippen molar-refractivity contribution in [3.05, 3.63) is 18.2 Å². The number of hydrogen-bond acceptors (Lipinski definition) is 4. The van der Waals surface area contributed by atoms with Crippen molar-refractivity contribution in [3.63, 3.8) is 0 Å². The summed E-state index contributed by atoms with van der Waals surface area (Å²) >= 11 is 0. The van der Waals surface area contributed by atoms with E-state index < -0.39 is 0 Å². The van der Waals surface area contributed by atoms with Crippen LogP contribution in [0.1, 0.15) is 31.5 Å². The molecular formula is C13H24N4O. The van der Waals surface area contributed by atoms with Crippen LogP contribution in [0, 0.1) is 5.41 Å². The van der Waals surface area contributed by atoms with E-state index in [0.717, 1.165) is 25.3 Å². The predicted molar refractivity (Wildman–Crippen MR) is 71.1 cm³/mol. The molecule has 18 heavy (non-hydrogen) atoms. The summed E-state index contributed by atoms with van der Waals surface area (Å²) in [6.45, 7) is 5.52. The summed E-state index contributed by atoms with van der Waals surface area (Å²) < 4.78 is 2.10. The third-order valence-electron chi connectivity index (χ3n) is 4.07. The number of hydrogen-bond donors (Lipinski definition) is 2. The Kier molecular flexibility index (Phi) is 4.04. The van der Waals surface area contributed by atoms with E-state index >= 15 is 0 Å². The van der Waals surface area contributed by atoms with E-state index in [4.69, 9.17) is 10.8 Å². The molecule has 0 amide bonds. The first-order valence-corrected chi connectivity index (χ1v) is 6.59. The third-order valence-corrected chi connectivity index (χ3v) is 4.07. The van der Waals surface area contributed by atoms with Crippen LogP contribution in [0.25, 0.3) is 0 Å². The van der Waals surface area contributed by atoms with Crippen LogP contribution in [0.15, 0.2) is 12.5 Å². The molecule has 0 radical (unpaired) electrons. The molecule has 0 bridgehead atoms. The van der Waals surface area contributed by atoms with Gasteiger partial charge in [-0.2, -0.15) is 0 Å². The average molecular weight is 252 g/mol. The van der Waals surface area contributed by atoms with Gasteiger partial charge in [0.25, 0.3) is 0 Å². The monoisotopic (exact) mass is 252 g/mol. The van der Waals surface area contributed by atoms with Crippen molar-refractivity contribution in [2.45, 2.75) is 32.4 Å². The quantitative estimate of drug-likeness (QED) is 0.824. The lowest BCUT2D eigenvalue weighted by molar-refractivity contribution is 0.118. The Morgan fingerprint density at radius 3 is 2.78 bits per heavy atom. The van der Waals surface area contributed by atoms with Gasteiger partial charge in [0.15, 0.2) is 0 Å². The number of aliphatic hydroxyl groups excluding tert-OH is 1. The van der Waals surface area contributed by atoms with Crippen LogP contribution in [0.5, 0.6) is 0 Å². The highest BCUT2D eigenvalue weighted by Gasteiger charge is 2.30. The first-order valence-electron chi connectivity index (χ1n) is 6.59. The molecule has 0 aromatic carbocycles. The van der Waals surface area contributed by atoms with Gasteiger partial charge in [-0.25, -0.2) is 4.98 Å². The molecule has 1 unspecified atom stereocenters. The number of piperidine rings is 1. The predicted octanol–water partition coefficient (Wildman–Crippen LogP) is 0.607. The van der Waals surface area contributed by atoms with Crippen LogP contribution in [-0.2, 0) is 6.54 Å². The lowest BCUT2D eigenvalue weighted by Crippen LogP contribution is -2.39. The average Bonchev–Trinajstić information content (AvgIpc) is 2.80. The normalized spacial score (nSPS) is 22.0. The van der Waals surface area contributed by atoms with E-state index in [2.05, 4.69) is 28.4 Å². The topological polar surface area (TPSA) is 67.3 Å². The number of aliphatic hydroxyl groups is 1. The van der Waals surface area contributed by atoms with Crippen molar-refractivity contribution in [2.75, 3.05) is 26.7 Å². The van der Waals surface area contributed by atoms with Gasteiger partial charge in [-0.3, -0.25) is 0 Å². The molecule has 0 saturated carbocycles. The lowest BCUT2D eigenvalue weighted by Gasteiger charge is -2.38. The molecule has 1 aromatic rings. The highest BCUT2D eigenvalue weighted by Crippen LogP contribution is 2.32. The summed E-state index contributed by atoms with van der Waals surface area (Å²) in [6.07, 6.45) is 5.97. The van der Waals surface area contributed by atoms with E-state index in [1.165, 1.54) is 12.8 Å². The minimum atomic E-state index is -0.331. The third kappa shape index (κ3) is 2.91. The van der Waals surface area contributed by atoms with Gasteiger partial charge in [0, 0.05) is 12.7 Å². The number of likely N-dealkylation sites (tertiary alicyclic amines) is 1. The van der Waals surface area contributed by atoms with Gasteiger partial charge in [-0.1, -0.05) is 6.92 Å². The molecule has 2 heterocycles. The van der Waals surface area contributed by atoms with E-state index in [1.54, 1.807) is 6.20 Å². The highest BCUT2D eigenvalue weighted by molar-refractivity contribution is 5.05. The van der Waals surface area contributed by atoms with Crippen LogP contribution in [0.2, 0.25) is 0 Å². The highest BCUT2D eigenvalue weighted by atomic mass is 16.3. The van der Waals surface area contributed by atoms with Crippen LogP contribution in [0.4, 0.5) is 0 Å². The van der Waals surface area contributed by atoms with Gasteiger partial charge < -0.3 is 20.3 Å². The van der Waals surface area contributed by atoms with Crippen molar-refractivity contribution >= 4 is 0 Å². The molecule has 1 fully saturated rings. The molecule has 1 aliphatic rings. The maximum atomic E-state index is 9.16. The summed E-state index contributed by atoms with van der Waals surface area (Å²) in [4.78, 5) is 6.54. The molecule has 1 saturated heterocycles. The largest absolute Gasteiger partial charge is 0.394 e. The zero-order valence-electron chi connectivity index (χ0n) is 11.3. The first kappa shape index (κ1) is 13.5. The molecule has 0 aliphatic carbocycles. The summed E-state index contributed by atoms with van der Waals surface area (Å²) in [5.74, 6) is 0. The van der Waals surface area contributed by atoms with Gasteiger partial charge in [0.2, 0.25) is 0 Å². The maximum absolute atomic E-state index is 9.16. The Bertz CT molecular complexity index is 382. The Hall–Kier alpha value is -0.910. The van der Waals surface area contributed by atoms with Gasteiger partial charge in [0.1, 0.15) is 0 Å². The second kappa shape index (κ2) is 5.38. The summed E-state index contributed by atoms with van der Waals surface area (Å²) in [5, 5.41) is 9.16. The van der Waals surface area contributed by atoms with Gasteiger partial charge in [-0.05, 0) is 38.4 Å². The molecule has 2 rings (SSSR count). The van der Waals surface area contributed by atoms with Crippen molar-refractivity contribution in [3.8, 4) is 0 Å². The second-order valence-corrected chi connectivity index (χ2v) is 5.85. The Labute approximate surface area is 109 Å². The zero-order valence-corrected chi connectivity index (χ0v) is 11.3. The van der Waals surface area contributed by atoms with Crippen molar-refractivity contribution < 1.29 is 5.11 Å². The van der Waals surface area contributed by atoms with Crippen LogP contribution >= 0.6 is 0 Å². The SMILES string of the molecule is CN1CCC(C)(Cn2cncc2C(N)CO)CC1. The van der Waals surface area contributed by atoms with E-state index in [9.17, 15) is 0 Å². The molecule has 1 aliphatic heterocycles.